The molecule has 100 valence electrons. The third kappa shape index (κ3) is 3.64. The third-order valence-corrected chi connectivity index (χ3v) is 3.80. The van der Waals surface area contributed by atoms with Crippen LogP contribution in [0.3, 0.4) is 0 Å². The van der Waals surface area contributed by atoms with Crippen molar-refractivity contribution in [2.75, 3.05) is 7.05 Å². The third-order valence-electron chi connectivity index (χ3n) is 3.31. The second-order valence-corrected chi connectivity index (χ2v) is 5.59. The smallest absolute Gasteiger partial charge is 0.123 e. The molecule has 0 saturated heterocycles. The van der Waals surface area contributed by atoms with E-state index in [9.17, 15) is 4.39 Å². The van der Waals surface area contributed by atoms with Crippen LogP contribution in [0.4, 0.5) is 4.39 Å². The van der Waals surface area contributed by atoms with Gasteiger partial charge in [0.1, 0.15) is 5.82 Å². The van der Waals surface area contributed by atoms with Crippen LogP contribution in [0.15, 0.2) is 46.9 Å². The molecule has 0 aliphatic rings. The van der Waals surface area contributed by atoms with Gasteiger partial charge in [0, 0.05) is 10.5 Å². The van der Waals surface area contributed by atoms with E-state index in [0.717, 1.165) is 16.5 Å². The van der Waals surface area contributed by atoms with Crippen molar-refractivity contribution in [3.63, 3.8) is 0 Å². The Morgan fingerprint density at radius 3 is 2.42 bits per heavy atom. The molecule has 1 atom stereocenters. The van der Waals surface area contributed by atoms with Crippen molar-refractivity contribution in [1.29, 1.82) is 0 Å². The molecule has 0 saturated carbocycles. The van der Waals surface area contributed by atoms with E-state index in [4.69, 9.17) is 0 Å². The summed E-state index contributed by atoms with van der Waals surface area (Å²) in [6, 6.07) is 13.2. The maximum absolute atomic E-state index is 12.9. The number of aryl methyl sites for hydroxylation is 1. The first-order chi connectivity index (χ1) is 9.10. The van der Waals surface area contributed by atoms with Gasteiger partial charge in [-0.1, -0.05) is 34.1 Å². The van der Waals surface area contributed by atoms with Crippen molar-refractivity contribution in [2.24, 2.45) is 0 Å². The maximum Gasteiger partial charge on any atom is 0.123 e. The molecule has 0 radical (unpaired) electrons. The minimum atomic E-state index is -0.190. The molecule has 2 rings (SSSR count). The monoisotopic (exact) mass is 321 g/mol. The number of likely N-dealkylation sites (N-methyl/N-ethyl adjacent to an activating group) is 1. The molecule has 0 bridgehead atoms. The lowest BCUT2D eigenvalue weighted by molar-refractivity contribution is 0.586. The van der Waals surface area contributed by atoms with E-state index < -0.39 is 0 Å². The Hall–Kier alpha value is -1.19. The van der Waals surface area contributed by atoms with Gasteiger partial charge < -0.3 is 5.32 Å². The van der Waals surface area contributed by atoms with Crippen LogP contribution in [-0.2, 0) is 6.42 Å². The molecule has 0 aliphatic heterocycles. The Balaban J connectivity index is 2.22. The highest BCUT2D eigenvalue weighted by Crippen LogP contribution is 2.24. The van der Waals surface area contributed by atoms with E-state index in [2.05, 4.69) is 46.4 Å². The van der Waals surface area contributed by atoms with Gasteiger partial charge in [-0.3, -0.25) is 0 Å². The number of rotatable bonds is 4. The van der Waals surface area contributed by atoms with Crippen LogP contribution in [0.5, 0.6) is 0 Å². The van der Waals surface area contributed by atoms with Gasteiger partial charge in [-0.2, -0.15) is 0 Å². The number of benzene rings is 2. The molecule has 0 fully saturated rings. The average molecular weight is 322 g/mol. The van der Waals surface area contributed by atoms with Crippen LogP contribution < -0.4 is 5.32 Å². The fourth-order valence-corrected chi connectivity index (χ4v) is 2.73. The Kier molecular flexibility index (Phi) is 4.72. The van der Waals surface area contributed by atoms with Gasteiger partial charge >= 0.3 is 0 Å². The zero-order valence-electron chi connectivity index (χ0n) is 11.1. The van der Waals surface area contributed by atoms with Crippen molar-refractivity contribution < 1.29 is 4.39 Å². The molecule has 2 aromatic rings. The van der Waals surface area contributed by atoms with E-state index >= 15 is 0 Å². The van der Waals surface area contributed by atoms with Crippen molar-refractivity contribution in [2.45, 2.75) is 19.4 Å². The fraction of sp³-hybridized carbons (Fsp3) is 0.250. The van der Waals surface area contributed by atoms with Crippen molar-refractivity contribution in [1.82, 2.24) is 5.32 Å². The molecule has 2 aromatic carbocycles. The van der Waals surface area contributed by atoms with E-state index in [-0.39, 0.29) is 11.9 Å². The van der Waals surface area contributed by atoms with Gasteiger partial charge in [0.05, 0.1) is 0 Å². The lowest BCUT2D eigenvalue weighted by Crippen LogP contribution is -2.19. The van der Waals surface area contributed by atoms with Gasteiger partial charge in [0.15, 0.2) is 0 Å². The molecule has 0 spiro atoms. The van der Waals surface area contributed by atoms with Crippen LogP contribution in [0.25, 0.3) is 0 Å². The van der Waals surface area contributed by atoms with Crippen LogP contribution in [0, 0.1) is 12.7 Å². The summed E-state index contributed by atoms with van der Waals surface area (Å²) in [7, 11) is 1.95. The molecule has 1 N–H and O–H groups in total. The maximum atomic E-state index is 12.9. The van der Waals surface area contributed by atoms with E-state index in [1.54, 1.807) is 0 Å². The zero-order chi connectivity index (χ0) is 13.8. The number of hydrogen-bond acceptors (Lipinski definition) is 1. The van der Waals surface area contributed by atoms with Crippen LogP contribution >= 0.6 is 15.9 Å². The van der Waals surface area contributed by atoms with E-state index in [0.29, 0.717) is 0 Å². The minimum absolute atomic E-state index is 0.190. The van der Waals surface area contributed by atoms with Crippen molar-refractivity contribution >= 4 is 15.9 Å². The number of halogens is 2. The molecule has 0 aliphatic carbocycles. The van der Waals surface area contributed by atoms with Crippen LogP contribution in [0.1, 0.15) is 22.7 Å². The van der Waals surface area contributed by atoms with E-state index in [1.807, 2.05) is 19.2 Å². The summed E-state index contributed by atoms with van der Waals surface area (Å²) in [5.74, 6) is -0.190. The summed E-state index contributed by atoms with van der Waals surface area (Å²) in [6.45, 7) is 2.11. The predicted molar refractivity (Wildman–Crippen MR) is 80.8 cm³/mol. The Morgan fingerprint density at radius 2 is 1.84 bits per heavy atom. The SMILES string of the molecule is CNC(Cc1ccc(F)cc1)c1ccc(Br)cc1C. The topological polar surface area (TPSA) is 12.0 Å². The Labute approximate surface area is 122 Å². The highest BCUT2D eigenvalue weighted by molar-refractivity contribution is 9.10. The molecular weight excluding hydrogens is 305 g/mol. The second-order valence-electron chi connectivity index (χ2n) is 4.67. The van der Waals surface area contributed by atoms with Crippen molar-refractivity contribution in [3.8, 4) is 0 Å². The zero-order valence-corrected chi connectivity index (χ0v) is 12.7. The summed E-state index contributed by atoms with van der Waals surface area (Å²) < 4.78 is 14.0. The first-order valence-corrected chi connectivity index (χ1v) is 7.07. The largest absolute Gasteiger partial charge is 0.313 e. The minimum Gasteiger partial charge on any atom is -0.313 e. The fourth-order valence-electron chi connectivity index (χ4n) is 2.25. The molecule has 1 nitrogen and oxygen atoms in total. The second kappa shape index (κ2) is 6.31. The summed E-state index contributed by atoms with van der Waals surface area (Å²) in [6.07, 6.45) is 0.846. The number of nitrogens with one attached hydrogen (secondary N) is 1. The normalized spacial score (nSPS) is 12.4. The Morgan fingerprint density at radius 1 is 1.16 bits per heavy atom. The lowest BCUT2D eigenvalue weighted by Gasteiger charge is -2.19. The summed E-state index contributed by atoms with van der Waals surface area (Å²) in [5, 5.41) is 3.33. The quantitative estimate of drug-likeness (QED) is 0.880. The van der Waals surface area contributed by atoms with Crippen molar-refractivity contribution in [3.05, 3.63) is 69.4 Å². The van der Waals surface area contributed by atoms with Gasteiger partial charge in [0.2, 0.25) is 0 Å². The molecular formula is C16H17BrFN. The average Bonchev–Trinajstić information content (AvgIpc) is 2.39. The first-order valence-electron chi connectivity index (χ1n) is 6.28. The van der Waals surface area contributed by atoms with E-state index in [1.165, 1.54) is 23.3 Å². The highest BCUT2D eigenvalue weighted by atomic mass is 79.9. The predicted octanol–water partition coefficient (Wildman–Crippen LogP) is 4.40. The van der Waals surface area contributed by atoms with Gasteiger partial charge in [-0.25, -0.2) is 4.39 Å². The highest BCUT2D eigenvalue weighted by Gasteiger charge is 2.12. The summed E-state index contributed by atoms with van der Waals surface area (Å²) in [5.41, 5.74) is 3.65. The van der Waals surface area contributed by atoms with Gasteiger partial charge in [-0.05, 0) is 61.3 Å². The number of hydrogen-bond donors (Lipinski definition) is 1. The molecule has 0 heterocycles. The standard InChI is InChI=1S/C16H17BrFN/c1-11-9-13(17)5-8-15(11)16(19-2)10-12-3-6-14(18)7-4-12/h3-9,16,19H,10H2,1-2H3. The molecule has 3 heteroatoms. The molecule has 1 unspecified atom stereocenters. The van der Waals surface area contributed by atoms with Crippen LogP contribution in [-0.4, -0.2) is 7.05 Å². The lowest BCUT2D eigenvalue weighted by atomic mass is 9.95. The van der Waals surface area contributed by atoms with Crippen LogP contribution in [0.2, 0.25) is 0 Å². The first kappa shape index (κ1) is 14.2. The Bertz CT molecular complexity index is 551. The molecule has 19 heavy (non-hydrogen) atoms. The van der Waals surface area contributed by atoms with Gasteiger partial charge in [-0.15, -0.1) is 0 Å². The summed E-state index contributed by atoms with van der Waals surface area (Å²) >= 11 is 3.48. The van der Waals surface area contributed by atoms with Gasteiger partial charge in [0.25, 0.3) is 0 Å². The molecule has 0 aromatic heterocycles. The summed E-state index contributed by atoms with van der Waals surface area (Å²) in [4.78, 5) is 0. The molecule has 0 amide bonds.